The van der Waals surface area contributed by atoms with Crippen LogP contribution >= 0.6 is 0 Å². The third kappa shape index (κ3) is 3.70. The fourth-order valence-corrected chi connectivity index (χ4v) is 1.59. The Kier molecular flexibility index (Phi) is 4.72. The van der Waals surface area contributed by atoms with Crippen LogP contribution in [0.1, 0.15) is 35.4 Å². The number of ether oxygens (including phenoxy) is 1. The number of aliphatic carboxylic acids is 1. The van der Waals surface area contributed by atoms with Gasteiger partial charge in [-0.2, -0.15) is 0 Å². The highest BCUT2D eigenvalue weighted by atomic mass is 19.4. The molecule has 8 heteroatoms. The van der Waals surface area contributed by atoms with Crippen molar-refractivity contribution in [2.45, 2.75) is 25.8 Å². The summed E-state index contributed by atoms with van der Waals surface area (Å²) >= 11 is 0. The zero-order chi connectivity index (χ0) is 15.5. The fraction of sp³-hybridized carbons (Fsp3) is 0.333. The van der Waals surface area contributed by atoms with Gasteiger partial charge in [0.25, 0.3) is 0 Å². The van der Waals surface area contributed by atoms with Gasteiger partial charge in [0.2, 0.25) is 0 Å². The van der Waals surface area contributed by atoms with Crippen molar-refractivity contribution in [1.29, 1.82) is 0 Å². The zero-order valence-electron chi connectivity index (χ0n) is 10.3. The number of ketones is 1. The normalized spacial score (nSPS) is 12.8. The van der Waals surface area contributed by atoms with Gasteiger partial charge >= 0.3 is 12.3 Å². The van der Waals surface area contributed by atoms with Crippen LogP contribution in [0.2, 0.25) is 0 Å². The molecule has 0 amide bonds. The predicted molar refractivity (Wildman–Crippen MR) is 60.3 cm³/mol. The number of carboxylic acid groups (broad SMARTS) is 1. The molecule has 20 heavy (non-hydrogen) atoms. The van der Waals surface area contributed by atoms with E-state index in [1.807, 2.05) is 0 Å². The number of carbonyl (C=O) groups is 2. The third-order valence-corrected chi connectivity index (χ3v) is 2.41. The standard InChI is InChI=1S/C12H11F3O5/c1-2-7(16)9-6(10(17)11(18)19)4-3-5-8(9)20-12(13,14)15/h3-5,10,17H,2H2,1H3,(H,18,19). The molecule has 1 atom stereocenters. The van der Waals surface area contributed by atoms with Crippen molar-refractivity contribution in [3.63, 3.8) is 0 Å². The Labute approximate surface area is 111 Å². The molecule has 0 aliphatic rings. The SMILES string of the molecule is CCC(=O)c1c(OC(F)(F)F)cccc1C(O)C(=O)O. The molecular formula is C12H11F3O5. The van der Waals surface area contributed by atoms with E-state index in [2.05, 4.69) is 4.74 Å². The van der Waals surface area contributed by atoms with Crippen molar-refractivity contribution in [2.24, 2.45) is 0 Å². The number of carbonyl (C=O) groups excluding carboxylic acids is 1. The number of alkyl halides is 3. The molecule has 1 unspecified atom stereocenters. The van der Waals surface area contributed by atoms with Crippen molar-refractivity contribution in [2.75, 3.05) is 0 Å². The quantitative estimate of drug-likeness (QED) is 0.813. The maximum atomic E-state index is 12.3. The van der Waals surface area contributed by atoms with Gasteiger partial charge in [-0.15, -0.1) is 13.2 Å². The van der Waals surface area contributed by atoms with E-state index < -0.39 is 41.1 Å². The molecule has 0 heterocycles. The molecule has 2 N–H and O–H groups in total. The number of benzene rings is 1. The van der Waals surface area contributed by atoms with Crippen molar-refractivity contribution in [3.8, 4) is 5.75 Å². The zero-order valence-corrected chi connectivity index (χ0v) is 10.3. The lowest BCUT2D eigenvalue weighted by molar-refractivity contribution is -0.274. The third-order valence-electron chi connectivity index (χ3n) is 2.41. The van der Waals surface area contributed by atoms with Gasteiger partial charge in [0.05, 0.1) is 5.56 Å². The van der Waals surface area contributed by atoms with Gasteiger partial charge in [0.15, 0.2) is 11.9 Å². The summed E-state index contributed by atoms with van der Waals surface area (Å²) in [7, 11) is 0. The van der Waals surface area contributed by atoms with Crippen LogP contribution in [0.15, 0.2) is 18.2 Å². The number of aliphatic hydroxyl groups excluding tert-OH is 1. The second kappa shape index (κ2) is 5.91. The van der Waals surface area contributed by atoms with Crippen molar-refractivity contribution < 1.29 is 37.7 Å². The number of hydrogen-bond acceptors (Lipinski definition) is 4. The summed E-state index contributed by atoms with van der Waals surface area (Å²) in [6.45, 7) is 1.39. The fourth-order valence-electron chi connectivity index (χ4n) is 1.59. The van der Waals surface area contributed by atoms with Gasteiger partial charge in [-0.1, -0.05) is 19.1 Å². The molecule has 0 aromatic heterocycles. The van der Waals surface area contributed by atoms with E-state index in [-0.39, 0.29) is 6.42 Å². The van der Waals surface area contributed by atoms with E-state index in [0.717, 1.165) is 18.2 Å². The molecule has 0 saturated carbocycles. The summed E-state index contributed by atoms with van der Waals surface area (Å²) < 4.78 is 40.5. The van der Waals surface area contributed by atoms with Crippen LogP contribution in [0.3, 0.4) is 0 Å². The van der Waals surface area contributed by atoms with Gasteiger partial charge in [0, 0.05) is 12.0 Å². The van der Waals surface area contributed by atoms with E-state index in [0.29, 0.717) is 0 Å². The number of aliphatic hydroxyl groups is 1. The number of carboxylic acids is 1. The molecule has 5 nitrogen and oxygen atoms in total. The minimum absolute atomic E-state index is 0.169. The molecule has 0 bridgehead atoms. The van der Waals surface area contributed by atoms with E-state index in [1.54, 1.807) is 0 Å². The lowest BCUT2D eigenvalue weighted by Gasteiger charge is -2.17. The van der Waals surface area contributed by atoms with Gasteiger partial charge in [-0.3, -0.25) is 4.79 Å². The summed E-state index contributed by atoms with van der Waals surface area (Å²) in [5, 5.41) is 18.2. The molecule has 1 rings (SSSR count). The first-order chi connectivity index (χ1) is 9.17. The Morgan fingerprint density at radius 2 is 1.95 bits per heavy atom. The first-order valence-corrected chi connectivity index (χ1v) is 5.50. The Balaban J connectivity index is 3.42. The van der Waals surface area contributed by atoms with Crippen LogP contribution in [-0.2, 0) is 4.79 Å². The predicted octanol–water partition coefficient (Wildman–Crippen LogP) is 2.30. The largest absolute Gasteiger partial charge is 0.573 e. The molecule has 0 fully saturated rings. The molecule has 0 aliphatic heterocycles. The van der Waals surface area contributed by atoms with Crippen LogP contribution in [0.5, 0.6) is 5.75 Å². The van der Waals surface area contributed by atoms with Crippen LogP contribution < -0.4 is 4.74 Å². The highest BCUT2D eigenvalue weighted by molar-refractivity contribution is 6.01. The lowest BCUT2D eigenvalue weighted by Crippen LogP contribution is -2.21. The molecule has 0 aliphatic carbocycles. The molecule has 110 valence electrons. The Morgan fingerprint density at radius 3 is 2.40 bits per heavy atom. The molecule has 1 aromatic rings. The Bertz CT molecular complexity index is 524. The highest BCUT2D eigenvalue weighted by Gasteiger charge is 2.34. The average molecular weight is 292 g/mol. The van der Waals surface area contributed by atoms with Gasteiger partial charge in [0.1, 0.15) is 5.75 Å². The second-order valence-corrected chi connectivity index (χ2v) is 3.79. The first kappa shape index (κ1) is 16.0. The van der Waals surface area contributed by atoms with Crippen LogP contribution in [0.4, 0.5) is 13.2 Å². The minimum Gasteiger partial charge on any atom is -0.479 e. The van der Waals surface area contributed by atoms with Gasteiger partial charge in [-0.25, -0.2) is 4.79 Å². The number of hydrogen-bond donors (Lipinski definition) is 2. The topological polar surface area (TPSA) is 83.8 Å². The van der Waals surface area contributed by atoms with E-state index in [9.17, 15) is 27.9 Å². The number of rotatable bonds is 5. The Hall–Kier alpha value is -2.09. The Morgan fingerprint density at radius 1 is 1.35 bits per heavy atom. The van der Waals surface area contributed by atoms with E-state index in [4.69, 9.17) is 5.11 Å². The van der Waals surface area contributed by atoms with Crippen LogP contribution in [-0.4, -0.2) is 28.3 Å². The average Bonchev–Trinajstić information content (AvgIpc) is 2.34. The van der Waals surface area contributed by atoms with Crippen molar-refractivity contribution in [1.82, 2.24) is 0 Å². The second-order valence-electron chi connectivity index (χ2n) is 3.79. The molecule has 0 saturated heterocycles. The summed E-state index contributed by atoms with van der Waals surface area (Å²) in [6, 6.07) is 3.01. The molecule has 1 aromatic carbocycles. The number of Topliss-reactive ketones (excluding diaryl/α,β-unsaturated/α-hetero) is 1. The summed E-state index contributed by atoms with van der Waals surface area (Å²) in [6.07, 6.45) is -7.31. The molecule has 0 radical (unpaired) electrons. The van der Waals surface area contributed by atoms with Crippen molar-refractivity contribution >= 4 is 11.8 Å². The maximum absolute atomic E-state index is 12.3. The summed E-state index contributed by atoms with van der Waals surface area (Å²) in [5.74, 6) is -3.28. The van der Waals surface area contributed by atoms with Crippen LogP contribution in [0, 0.1) is 0 Å². The maximum Gasteiger partial charge on any atom is 0.573 e. The van der Waals surface area contributed by atoms with E-state index in [1.165, 1.54) is 6.92 Å². The monoisotopic (exact) mass is 292 g/mol. The highest BCUT2D eigenvalue weighted by Crippen LogP contribution is 2.32. The first-order valence-electron chi connectivity index (χ1n) is 5.50. The summed E-state index contributed by atoms with van der Waals surface area (Å²) in [5.41, 5.74) is -1.02. The number of halogens is 3. The van der Waals surface area contributed by atoms with Gasteiger partial charge < -0.3 is 14.9 Å². The van der Waals surface area contributed by atoms with Crippen molar-refractivity contribution in [3.05, 3.63) is 29.3 Å². The minimum atomic E-state index is -5.03. The van der Waals surface area contributed by atoms with E-state index >= 15 is 0 Å². The molecule has 0 spiro atoms. The summed E-state index contributed by atoms with van der Waals surface area (Å²) in [4.78, 5) is 22.5. The smallest absolute Gasteiger partial charge is 0.479 e. The lowest BCUT2D eigenvalue weighted by atomic mass is 9.97. The van der Waals surface area contributed by atoms with Crippen LogP contribution in [0.25, 0.3) is 0 Å². The molecular weight excluding hydrogens is 281 g/mol. The van der Waals surface area contributed by atoms with Gasteiger partial charge in [-0.05, 0) is 6.07 Å².